The van der Waals surface area contributed by atoms with E-state index in [4.69, 9.17) is 16.7 Å². The maximum Gasteiger partial charge on any atom is 0.335 e. The molecule has 2 N–H and O–H groups in total. The van der Waals surface area contributed by atoms with Gasteiger partial charge >= 0.3 is 5.97 Å². The van der Waals surface area contributed by atoms with Gasteiger partial charge in [-0.3, -0.25) is 0 Å². The molecule has 110 valence electrons. The van der Waals surface area contributed by atoms with Gasteiger partial charge < -0.3 is 10.4 Å². The van der Waals surface area contributed by atoms with Crippen molar-refractivity contribution in [3.8, 4) is 0 Å². The zero-order valence-electron chi connectivity index (χ0n) is 10.5. The molecule has 0 saturated heterocycles. The Morgan fingerprint density at radius 2 is 1.95 bits per heavy atom. The van der Waals surface area contributed by atoms with Gasteiger partial charge in [-0.15, -0.1) is 0 Å². The third kappa shape index (κ3) is 3.96. The van der Waals surface area contributed by atoms with Crippen molar-refractivity contribution in [2.45, 2.75) is 6.54 Å². The summed E-state index contributed by atoms with van der Waals surface area (Å²) in [6.45, 7) is 0.407. The van der Waals surface area contributed by atoms with Crippen LogP contribution in [0.5, 0.6) is 0 Å². The van der Waals surface area contributed by atoms with Crippen molar-refractivity contribution in [1.29, 1.82) is 0 Å². The molecule has 7 heteroatoms. The van der Waals surface area contributed by atoms with E-state index < -0.39 is 11.8 Å². The molecule has 0 aliphatic carbocycles. The molecule has 0 aliphatic rings. The molecule has 3 nitrogen and oxygen atoms in total. The number of nitrogens with one attached hydrogen (secondary N) is 1. The number of halogens is 4. The van der Waals surface area contributed by atoms with E-state index in [0.29, 0.717) is 21.2 Å². The fourth-order valence-electron chi connectivity index (χ4n) is 1.72. The molecule has 2 aromatic carbocycles. The van der Waals surface area contributed by atoms with Crippen molar-refractivity contribution >= 4 is 55.1 Å². The first-order valence-electron chi connectivity index (χ1n) is 5.78. The smallest absolute Gasteiger partial charge is 0.335 e. The van der Waals surface area contributed by atoms with Gasteiger partial charge in [-0.25, -0.2) is 9.18 Å². The van der Waals surface area contributed by atoms with Gasteiger partial charge in [-0.05, 0) is 45.8 Å². The van der Waals surface area contributed by atoms with Crippen molar-refractivity contribution in [2.24, 2.45) is 0 Å². The average molecular weight is 437 g/mol. The van der Waals surface area contributed by atoms with Gasteiger partial charge in [0.1, 0.15) is 5.82 Å². The van der Waals surface area contributed by atoms with Crippen molar-refractivity contribution in [1.82, 2.24) is 0 Å². The number of carboxylic acids is 1. The van der Waals surface area contributed by atoms with E-state index in [-0.39, 0.29) is 10.6 Å². The monoisotopic (exact) mass is 435 g/mol. The summed E-state index contributed by atoms with van der Waals surface area (Å²) in [5, 5.41) is 12.3. The van der Waals surface area contributed by atoms with Crippen LogP contribution in [-0.2, 0) is 6.54 Å². The molecule has 0 bridgehead atoms. The Morgan fingerprint density at radius 3 is 2.52 bits per heavy atom. The molecule has 21 heavy (non-hydrogen) atoms. The quantitative estimate of drug-likeness (QED) is 0.681. The number of carbonyl (C=O) groups is 1. The third-order valence-corrected chi connectivity index (χ3v) is 4.42. The normalized spacial score (nSPS) is 10.5. The number of hydrogen-bond acceptors (Lipinski definition) is 2. The first-order valence-corrected chi connectivity index (χ1v) is 7.75. The zero-order chi connectivity index (χ0) is 15.6. The van der Waals surface area contributed by atoms with Gasteiger partial charge in [-0.1, -0.05) is 33.6 Å². The lowest BCUT2D eigenvalue weighted by Crippen LogP contribution is -2.03. The van der Waals surface area contributed by atoms with Crippen molar-refractivity contribution < 1.29 is 14.3 Å². The highest BCUT2D eigenvalue weighted by molar-refractivity contribution is 9.11. The van der Waals surface area contributed by atoms with Gasteiger partial charge in [0.05, 0.1) is 16.3 Å². The predicted octanol–water partition coefficient (Wildman–Crippen LogP) is 5.31. The lowest BCUT2D eigenvalue weighted by Gasteiger charge is -2.12. The molecule has 0 atom stereocenters. The summed E-state index contributed by atoms with van der Waals surface area (Å²) in [4.78, 5) is 10.9. The Balaban J connectivity index is 2.19. The molecule has 0 fully saturated rings. The van der Waals surface area contributed by atoms with E-state index in [1.54, 1.807) is 6.07 Å². The largest absolute Gasteiger partial charge is 0.478 e. The Morgan fingerprint density at radius 1 is 1.24 bits per heavy atom. The zero-order valence-corrected chi connectivity index (χ0v) is 14.4. The van der Waals surface area contributed by atoms with Crippen molar-refractivity contribution in [3.63, 3.8) is 0 Å². The topological polar surface area (TPSA) is 49.3 Å². The molecule has 0 amide bonds. The summed E-state index contributed by atoms with van der Waals surface area (Å²) < 4.78 is 14.3. The van der Waals surface area contributed by atoms with Crippen LogP contribution in [-0.4, -0.2) is 11.1 Å². The van der Waals surface area contributed by atoms with Crippen LogP contribution in [0, 0.1) is 5.82 Å². The second-order valence-corrected chi connectivity index (χ2v) is 6.33. The van der Waals surface area contributed by atoms with Crippen LogP contribution in [0.25, 0.3) is 0 Å². The molecule has 0 spiro atoms. The maximum absolute atomic E-state index is 13.2. The van der Waals surface area contributed by atoms with Crippen molar-refractivity contribution in [2.75, 3.05) is 5.32 Å². The molecule has 0 aliphatic heterocycles. The third-order valence-electron chi connectivity index (χ3n) is 2.76. The number of carboxylic acid groups (broad SMARTS) is 1. The SMILES string of the molecule is O=C(O)c1ccc(CNc2c(Cl)cc(F)cc2Br)c(Br)c1. The predicted molar refractivity (Wildman–Crippen MR) is 87.5 cm³/mol. The van der Waals surface area contributed by atoms with E-state index in [0.717, 1.165) is 5.56 Å². The molecule has 2 rings (SSSR count). The highest BCUT2D eigenvalue weighted by Crippen LogP contribution is 2.32. The summed E-state index contributed by atoms with van der Waals surface area (Å²) in [6.07, 6.45) is 0. The van der Waals surface area contributed by atoms with Crippen LogP contribution in [0.4, 0.5) is 10.1 Å². The lowest BCUT2D eigenvalue weighted by molar-refractivity contribution is 0.0697. The first kappa shape index (κ1) is 16.3. The van der Waals surface area contributed by atoms with Crippen LogP contribution >= 0.6 is 43.5 Å². The fraction of sp³-hybridized carbons (Fsp3) is 0.0714. The molecule has 0 aromatic heterocycles. The Bertz CT molecular complexity index is 686. The average Bonchev–Trinajstić information content (AvgIpc) is 2.38. The summed E-state index contributed by atoms with van der Waals surface area (Å²) in [6, 6.07) is 7.28. The van der Waals surface area contributed by atoms with E-state index in [2.05, 4.69) is 37.2 Å². The lowest BCUT2D eigenvalue weighted by atomic mass is 10.1. The Labute approximate surface area is 142 Å². The number of benzene rings is 2. The van der Waals surface area contributed by atoms with Crippen LogP contribution in [0.15, 0.2) is 39.3 Å². The molecule has 2 aromatic rings. The van der Waals surface area contributed by atoms with Gasteiger partial charge in [-0.2, -0.15) is 0 Å². The number of hydrogen-bond donors (Lipinski definition) is 2. The summed E-state index contributed by atoms with van der Waals surface area (Å²) in [5.74, 6) is -1.41. The Kier molecular flexibility index (Phi) is 5.24. The van der Waals surface area contributed by atoms with Crippen LogP contribution in [0.2, 0.25) is 5.02 Å². The minimum atomic E-state index is -0.987. The molecule has 0 radical (unpaired) electrons. The highest BCUT2D eigenvalue weighted by atomic mass is 79.9. The van der Waals surface area contributed by atoms with E-state index in [1.165, 1.54) is 24.3 Å². The van der Waals surface area contributed by atoms with Gasteiger partial charge in [0.2, 0.25) is 0 Å². The molecular weight excluding hydrogens is 428 g/mol. The second kappa shape index (κ2) is 6.77. The summed E-state index contributed by atoms with van der Waals surface area (Å²) in [5.41, 5.74) is 1.63. The standard InChI is InChI=1S/C14H9Br2ClFNO2/c15-10-3-7(14(20)21)1-2-8(10)6-19-13-11(16)4-9(18)5-12(13)17/h1-5,19H,6H2,(H,20,21). The molecule has 0 heterocycles. The van der Waals surface area contributed by atoms with E-state index in [1.807, 2.05) is 0 Å². The minimum Gasteiger partial charge on any atom is -0.478 e. The van der Waals surface area contributed by atoms with Gasteiger partial charge in [0.15, 0.2) is 0 Å². The van der Waals surface area contributed by atoms with Crippen LogP contribution in [0.1, 0.15) is 15.9 Å². The summed E-state index contributed by atoms with van der Waals surface area (Å²) in [7, 11) is 0. The molecule has 0 unspecified atom stereocenters. The van der Waals surface area contributed by atoms with Gasteiger partial charge in [0.25, 0.3) is 0 Å². The molecular formula is C14H9Br2ClFNO2. The number of anilines is 1. The fourth-order valence-corrected chi connectivity index (χ4v) is 3.20. The number of aromatic carboxylic acids is 1. The summed E-state index contributed by atoms with van der Waals surface area (Å²) >= 11 is 12.6. The van der Waals surface area contributed by atoms with E-state index in [9.17, 15) is 9.18 Å². The molecule has 0 saturated carbocycles. The van der Waals surface area contributed by atoms with Gasteiger partial charge in [0, 0.05) is 15.5 Å². The van der Waals surface area contributed by atoms with Crippen molar-refractivity contribution in [3.05, 3.63) is 61.2 Å². The van der Waals surface area contributed by atoms with E-state index >= 15 is 0 Å². The maximum atomic E-state index is 13.2. The first-order chi connectivity index (χ1) is 9.88. The Hall–Kier alpha value is -1.11. The van der Waals surface area contributed by atoms with Crippen LogP contribution < -0.4 is 5.32 Å². The minimum absolute atomic E-state index is 0.201. The number of rotatable bonds is 4. The second-order valence-electron chi connectivity index (χ2n) is 4.21. The van der Waals surface area contributed by atoms with Crippen LogP contribution in [0.3, 0.4) is 0 Å². The highest BCUT2D eigenvalue weighted by Gasteiger charge is 2.10.